The Hall–Kier alpha value is -2.08. The molecule has 0 radical (unpaired) electrons. The summed E-state index contributed by atoms with van der Waals surface area (Å²) in [5.41, 5.74) is 2.86. The van der Waals surface area contributed by atoms with Crippen LogP contribution in [0.4, 0.5) is 5.69 Å². The minimum Gasteiger partial charge on any atom is -0.479 e. The summed E-state index contributed by atoms with van der Waals surface area (Å²) in [5, 5.41) is 14.9. The Morgan fingerprint density at radius 1 is 1.38 bits per heavy atom. The van der Waals surface area contributed by atoms with Gasteiger partial charge in [-0.1, -0.05) is 6.07 Å². The molecule has 1 amide bonds. The Morgan fingerprint density at radius 3 is 3.00 bits per heavy atom. The molecule has 0 aromatic heterocycles. The van der Waals surface area contributed by atoms with Crippen LogP contribution < -0.4 is 10.6 Å². The van der Waals surface area contributed by atoms with Crippen LogP contribution in [0.25, 0.3) is 0 Å². The van der Waals surface area contributed by atoms with E-state index in [4.69, 9.17) is 9.84 Å². The van der Waals surface area contributed by atoms with Crippen molar-refractivity contribution in [3.8, 4) is 0 Å². The molecule has 2 heterocycles. The number of fused-ring (bicyclic) bond motifs is 1. The number of amides is 1. The van der Waals surface area contributed by atoms with Gasteiger partial charge in [0.15, 0.2) is 6.10 Å². The monoisotopic (exact) mass is 290 g/mol. The number of aliphatic carboxylic acids is 1. The number of hydrogen-bond donors (Lipinski definition) is 3. The third-order valence-electron chi connectivity index (χ3n) is 3.96. The standard InChI is InChI=1S/C15H18N2O4/c18-14(10-2-1-9-5-6-16-12(9)7-10)17-8-11-3-4-13(21-11)15(19)20/h1-2,7,11,13,16H,3-6,8H2,(H,17,18)(H,19,20). The lowest BCUT2D eigenvalue weighted by atomic mass is 10.1. The van der Waals surface area contributed by atoms with Crippen molar-refractivity contribution >= 4 is 17.6 Å². The van der Waals surface area contributed by atoms with Gasteiger partial charge in [0.05, 0.1) is 6.10 Å². The maximum atomic E-state index is 12.1. The van der Waals surface area contributed by atoms with Crippen molar-refractivity contribution in [1.29, 1.82) is 0 Å². The van der Waals surface area contributed by atoms with Gasteiger partial charge < -0.3 is 20.5 Å². The highest BCUT2D eigenvalue weighted by atomic mass is 16.5. The Bertz CT molecular complexity index is 573. The van der Waals surface area contributed by atoms with Crippen molar-refractivity contribution in [1.82, 2.24) is 5.32 Å². The van der Waals surface area contributed by atoms with Gasteiger partial charge in [-0.05, 0) is 37.0 Å². The second-order valence-electron chi connectivity index (χ2n) is 5.42. The zero-order valence-electron chi connectivity index (χ0n) is 11.6. The summed E-state index contributed by atoms with van der Waals surface area (Å²) < 4.78 is 5.36. The highest BCUT2D eigenvalue weighted by Gasteiger charge is 2.30. The molecule has 0 saturated carbocycles. The van der Waals surface area contributed by atoms with Gasteiger partial charge in [0.1, 0.15) is 0 Å². The first kappa shape index (κ1) is 13.9. The second kappa shape index (κ2) is 5.73. The number of nitrogens with one attached hydrogen (secondary N) is 2. The predicted octanol–water partition coefficient (Wildman–Crippen LogP) is 1.02. The maximum absolute atomic E-state index is 12.1. The van der Waals surface area contributed by atoms with Crippen molar-refractivity contribution in [2.75, 3.05) is 18.4 Å². The SMILES string of the molecule is O=C(NCC1CCC(C(=O)O)O1)c1ccc2c(c1)NCC2. The van der Waals surface area contributed by atoms with E-state index in [1.807, 2.05) is 18.2 Å². The van der Waals surface area contributed by atoms with Gasteiger partial charge in [0.2, 0.25) is 0 Å². The molecule has 0 aliphatic carbocycles. The Balaban J connectivity index is 1.54. The van der Waals surface area contributed by atoms with Gasteiger partial charge >= 0.3 is 5.97 Å². The molecule has 112 valence electrons. The van der Waals surface area contributed by atoms with Gasteiger partial charge in [0, 0.05) is 24.3 Å². The lowest BCUT2D eigenvalue weighted by Gasteiger charge is -2.12. The minimum absolute atomic E-state index is 0.158. The average Bonchev–Trinajstić information content (AvgIpc) is 3.12. The largest absolute Gasteiger partial charge is 0.479 e. The molecule has 1 fully saturated rings. The van der Waals surface area contributed by atoms with Gasteiger partial charge in [-0.2, -0.15) is 0 Å². The highest BCUT2D eigenvalue weighted by Crippen LogP contribution is 2.23. The van der Waals surface area contributed by atoms with E-state index < -0.39 is 12.1 Å². The van der Waals surface area contributed by atoms with Gasteiger partial charge in [-0.3, -0.25) is 4.79 Å². The zero-order chi connectivity index (χ0) is 14.8. The average molecular weight is 290 g/mol. The molecule has 2 aliphatic rings. The molecule has 1 aromatic carbocycles. The highest BCUT2D eigenvalue weighted by molar-refractivity contribution is 5.95. The Kier molecular flexibility index (Phi) is 3.79. The molecule has 21 heavy (non-hydrogen) atoms. The predicted molar refractivity (Wildman–Crippen MR) is 76.5 cm³/mol. The summed E-state index contributed by atoms with van der Waals surface area (Å²) in [5.74, 6) is -1.10. The number of carboxylic acid groups (broad SMARTS) is 1. The summed E-state index contributed by atoms with van der Waals surface area (Å²) >= 11 is 0. The molecule has 6 nitrogen and oxygen atoms in total. The lowest BCUT2D eigenvalue weighted by Crippen LogP contribution is -2.33. The number of carboxylic acids is 1. The van der Waals surface area contributed by atoms with E-state index >= 15 is 0 Å². The Morgan fingerprint density at radius 2 is 2.24 bits per heavy atom. The van der Waals surface area contributed by atoms with Crippen LogP contribution >= 0.6 is 0 Å². The number of ether oxygens (including phenoxy) is 1. The molecular weight excluding hydrogens is 272 g/mol. The molecule has 6 heteroatoms. The first-order valence-corrected chi connectivity index (χ1v) is 7.17. The number of carbonyl (C=O) groups excluding carboxylic acids is 1. The first-order valence-electron chi connectivity index (χ1n) is 7.17. The smallest absolute Gasteiger partial charge is 0.332 e. The van der Waals surface area contributed by atoms with Crippen molar-refractivity contribution in [2.45, 2.75) is 31.5 Å². The van der Waals surface area contributed by atoms with Crippen molar-refractivity contribution in [3.05, 3.63) is 29.3 Å². The summed E-state index contributed by atoms with van der Waals surface area (Å²) in [6.45, 7) is 1.25. The lowest BCUT2D eigenvalue weighted by molar-refractivity contribution is -0.149. The van der Waals surface area contributed by atoms with Crippen LogP contribution in [-0.4, -0.2) is 42.3 Å². The number of hydrogen-bond acceptors (Lipinski definition) is 4. The molecule has 1 aromatic rings. The minimum atomic E-state index is -0.937. The van der Waals surface area contributed by atoms with E-state index in [-0.39, 0.29) is 12.0 Å². The third-order valence-corrected chi connectivity index (χ3v) is 3.96. The molecular formula is C15H18N2O4. The first-order chi connectivity index (χ1) is 10.1. The Labute approximate surface area is 122 Å². The van der Waals surface area contributed by atoms with Gasteiger partial charge in [-0.25, -0.2) is 4.79 Å². The van der Waals surface area contributed by atoms with Gasteiger partial charge in [0.25, 0.3) is 5.91 Å². The molecule has 0 spiro atoms. The summed E-state index contributed by atoms with van der Waals surface area (Å²) in [6, 6.07) is 5.64. The van der Waals surface area contributed by atoms with Crippen LogP contribution in [0.5, 0.6) is 0 Å². The van der Waals surface area contributed by atoms with E-state index in [1.165, 1.54) is 5.56 Å². The molecule has 1 saturated heterocycles. The third kappa shape index (κ3) is 3.00. The van der Waals surface area contributed by atoms with Crippen molar-refractivity contribution in [3.63, 3.8) is 0 Å². The molecule has 2 unspecified atom stereocenters. The molecule has 0 bridgehead atoms. The number of carbonyl (C=O) groups is 2. The summed E-state index contributed by atoms with van der Waals surface area (Å²) in [4.78, 5) is 22.9. The van der Waals surface area contributed by atoms with E-state index in [1.54, 1.807) is 0 Å². The second-order valence-corrected chi connectivity index (χ2v) is 5.42. The van der Waals surface area contributed by atoms with Crippen LogP contribution in [0, 0.1) is 0 Å². The van der Waals surface area contributed by atoms with Crippen molar-refractivity contribution < 1.29 is 19.4 Å². The topological polar surface area (TPSA) is 87.7 Å². The van der Waals surface area contributed by atoms with E-state index in [0.29, 0.717) is 24.9 Å². The quantitative estimate of drug-likeness (QED) is 0.770. The van der Waals surface area contributed by atoms with E-state index in [0.717, 1.165) is 18.7 Å². The van der Waals surface area contributed by atoms with Crippen LogP contribution in [0.15, 0.2) is 18.2 Å². The normalized spacial score (nSPS) is 23.4. The van der Waals surface area contributed by atoms with Crippen LogP contribution in [0.2, 0.25) is 0 Å². The number of benzene rings is 1. The number of anilines is 1. The van der Waals surface area contributed by atoms with Gasteiger partial charge in [-0.15, -0.1) is 0 Å². The number of rotatable bonds is 4. The van der Waals surface area contributed by atoms with Crippen LogP contribution in [-0.2, 0) is 16.0 Å². The fraction of sp³-hybridized carbons (Fsp3) is 0.467. The van der Waals surface area contributed by atoms with E-state index in [2.05, 4.69) is 10.6 Å². The fourth-order valence-corrected chi connectivity index (χ4v) is 2.78. The summed E-state index contributed by atoms with van der Waals surface area (Å²) in [6.07, 6.45) is 1.18. The molecule has 3 rings (SSSR count). The van der Waals surface area contributed by atoms with E-state index in [9.17, 15) is 9.59 Å². The fourth-order valence-electron chi connectivity index (χ4n) is 2.78. The molecule has 3 N–H and O–H groups in total. The summed E-state index contributed by atoms with van der Waals surface area (Å²) in [7, 11) is 0. The van der Waals surface area contributed by atoms with Crippen LogP contribution in [0.1, 0.15) is 28.8 Å². The zero-order valence-corrected chi connectivity index (χ0v) is 11.6. The maximum Gasteiger partial charge on any atom is 0.332 e. The van der Waals surface area contributed by atoms with Crippen LogP contribution in [0.3, 0.4) is 0 Å². The van der Waals surface area contributed by atoms with Crippen molar-refractivity contribution in [2.24, 2.45) is 0 Å². The molecule has 2 atom stereocenters. The molecule has 2 aliphatic heterocycles.